The minimum atomic E-state index is -0.245. The van der Waals surface area contributed by atoms with Crippen molar-refractivity contribution in [3.63, 3.8) is 0 Å². The third-order valence-corrected chi connectivity index (χ3v) is 4.19. The van der Waals surface area contributed by atoms with Crippen molar-refractivity contribution < 1.29 is 4.79 Å². The van der Waals surface area contributed by atoms with Crippen LogP contribution >= 0.6 is 0 Å². The van der Waals surface area contributed by atoms with Crippen molar-refractivity contribution in [2.45, 2.75) is 71.0 Å². The number of amides is 1. The first kappa shape index (κ1) is 16.0. The van der Waals surface area contributed by atoms with E-state index in [0.717, 1.165) is 30.5 Å². The number of nitrogens with two attached hydrogens (primary N) is 1. The fourth-order valence-electron chi connectivity index (χ4n) is 3.35. The van der Waals surface area contributed by atoms with Crippen LogP contribution in [0.15, 0.2) is 6.20 Å². The van der Waals surface area contributed by atoms with E-state index in [1.165, 1.54) is 0 Å². The molecule has 2 atom stereocenters. The topological polar surface area (TPSA) is 64.2 Å². The molecule has 0 aliphatic carbocycles. The maximum Gasteiger partial charge on any atom is 0.223 e. The Kier molecular flexibility index (Phi) is 4.42. The second-order valence-electron chi connectivity index (χ2n) is 6.99. The Balaban J connectivity index is 2.54. The summed E-state index contributed by atoms with van der Waals surface area (Å²) in [7, 11) is 1.92. The van der Waals surface area contributed by atoms with Gasteiger partial charge in [0.2, 0.25) is 5.91 Å². The molecule has 1 saturated heterocycles. The monoisotopic (exact) mass is 292 g/mol. The molecule has 1 aromatic rings. The zero-order chi connectivity index (χ0) is 15.8. The minimum absolute atomic E-state index is 0.0369. The molecule has 118 valence electrons. The number of aromatic nitrogens is 2. The Labute approximate surface area is 127 Å². The Morgan fingerprint density at radius 1 is 1.43 bits per heavy atom. The van der Waals surface area contributed by atoms with Gasteiger partial charge in [0.1, 0.15) is 0 Å². The summed E-state index contributed by atoms with van der Waals surface area (Å²) < 4.78 is 1.83. The molecule has 0 spiro atoms. The van der Waals surface area contributed by atoms with Gasteiger partial charge in [-0.25, -0.2) is 0 Å². The van der Waals surface area contributed by atoms with E-state index in [2.05, 4.69) is 32.8 Å². The van der Waals surface area contributed by atoms with Gasteiger partial charge >= 0.3 is 0 Å². The summed E-state index contributed by atoms with van der Waals surface area (Å²) in [6, 6.07) is -0.117. The lowest BCUT2D eigenvalue weighted by Gasteiger charge is -2.43. The molecule has 0 saturated carbocycles. The molecule has 2 N–H and O–H groups in total. The number of aryl methyl sites for hydroxylation is 2. The van der Waals surface area contributed by atoms with Crippen molar-refractivity contribution >= 4 is 5.91 Å². The molecule has 1 aliphatic rings. The van der Waals surface area contributed by atoms with Crippen molar-refractivity contribution in [1.82, 2.24) is 14.7 Å². The quantitative estimate of drug-likeness (QED) is 0.908. The highest BCUT2D eigenvalue weighted by molar-refractivity contribution is 5.78. The molecule has 2 unspecified atom stereocenters. The highest BCUT2D eigenvalue weighted by Gasteiger charge is 2.40. The van der Waals surface area contributed by atoms with E-state index in [1.807, 2.05) is 22.8 Å². The first-order valence-corrected chi connectivity index (χ1v) is 7.86. The van der Waals surface area contributed by atoms with Crippen molar-refractivity contribution in [2.75, 3.05) is 0 Å². The van der Waals surface area contributed by atoms with Crippen LogP contribution in [0.1, 0.15) is 64.3 Å². The van der Waals surface area contributed by atoms with Gasteiger partial charge in [-0.1, -0.05) is 6.92 Å². The van der Waals surface area contributed by atoms with Gasteiger partial charge in [0.05, 0.1) is 11.7 Å². The van der Waals surface area contributed by atoms with Gasteiger partial charge < -0.3 is 10.6 Å². The lowest BCUT2D eigenvalue weighted by molar-refractivity contribution is -0.139. The van der Waals surface area contributed by atoms with Crippen LogP contribution in [0.5, 0.6) is 0 Å². The highest BCUT2D eigenvalue weighted by Crippen LogP contribution is 2.36. The summed E-state index contributed by atoms with van der Waals surface area (Å²) in [5.41, 5.74) is 8.37. The number of carbonyl (C=O) groups excluding carboxylic acids is 1. The molecule has 1 fully saturated rings. The zero-order valence-corrected chi connectivity index (χ0v) is 13.9. The van der Waals surface area contributed by atoms with Crippen LogP contribution in [-0.4, -0.2) is 32.2 Å². The minimum Gasteiger partial charge on any atom is -0.329 e. The second-order valence-corrected chi connectivity index (χ2v) is 6.99. The Hall–Kier alpha value is -1.36. The molecule has 0 bridgehead atoms. The Morgan fingerprint density at radius 2 is 2.10 bits per heavy atom. The maximum absolute atomic E-state index is 12.6. The van der Waals surface area contributed by atoms with Crippen LogP contribution in [0, 0.1) is 0 Å². The van der Waals surface area contributed by atoms with E-state index in [9.17, 15) is 4.79 Å². The number of carbonyl (C=O) groups is 1. The van der Waals surface area contributed by atoms with Gasteiger partial charge in [-0.3, -0.25) is 9.48 Å². The van der Waals surface area contributed by atoms with Crippen molar-refractivity contribution in [3.05, 3.63) is 17.5 Å². The fourth-order valence-corrected chi connectivity index (χ4v) is 3.35. The normalized spacial score (nSPS) is 24.3. The molecule has 1 amide bonds. The lowest BCUT2D eigenvalue weighted by Crippen LogP contribution is -2.51. The van der Waals surface area contributed by atoms with E-state index in [1.54, 1.807) is 0 Å². The van der Waals surface area contributed by atoms with Gasteiger partial charge in [0.15, 0.2) is 0 Å². The number of hydrogen-bond acceptors (Lipinski definition) is 3. The van der Waals surface area contributed by atoms with E-state index in [4.69, 9.17) is 5.73 Å². The van der Waals surface area contributed by atoms with Crippen LogP contribution in [0.2, 0.25) is 0 Å². The third-order valence-electron chi connectivity index (χ3n) is 4.19. The number of likely N-dealkylation sites (tertiary alicyclic amines) is 1. The molecule has 2 heterocycles. The first-order chi connectivity index (χ1) is 9.75. The fraction of sp³-hybridized carbons (Fsp3) is 0.750. The largest absolute Gasteiger partial charge is 0.329 e. The number of nitrogens with zero attached hydrogens (tertiary/aromatic N) is 3. The van der Waals surface area contributed by atoms with Crippen molar-refractivity contribution in [1.29, 1.82) is 0 Å². The predicted molar refractivity (Wildman–Crippen MR) is 83.8 cm³/mol. The average Bonchev–Trinajstić information content (AvgIpc) is 2.66. The second kappa shape index (κ2) is 5.79. The zero-order valence-electron chi connectivity index (χ0n) is 13.9. The van der Waals surface area contributed by atoms with Crippen molar-refractivity contribution in [3.8, 4) is 0 Å². The highest BCUT2D eigenvalue weighted by atomic mass is 16.2. The van der Waals surface area contributed by atoms with Crippen LogP contribution in [0.3, 0.4) is 0 Å². The molecular weight excluding hydrogens is 264 g/mol. The predicted octanol–water partition coefficient (Wildman–Crippen LogP) is 2.16. The summed E-state index contributed by atoms with van der Waals surface area (Å²) in [6.07, 6.45) is 5.21. The SMILES string of the molecule is CCc1nn(C)cc1C1C(N)CCCC(=O)N1C(C)(C)C. The first-order valence-electron chi connectivity index (χ1n) is 7.86. The van der Waals surface area contributed by atoms with Crippen LogP contribution in [-0.2, 0) is 18.3 Å². The van der Waals surface area contributed by atoms with Crippen LogP contribution < -0.4 is 5.73 Å². The summed E-state index contributed by atoms with van der Waals surface area (Å²) >= 11 is 0. The van der Waals surface area contributed by atoms with E-state index in [-0.39, 0.29) is 23.5 Å². The van der Waals surface area contributed by atoms with E-state index < -0.39 is 0 Å². The smallest absolute Gasteiger partial charge is 0.223 e. The van der Waals surface area contributed by atoms with E-state index >= 15 is 0 Å². The Bertz CT molecular complexity index is 515. The molecule has 1 aliphatic heterocycles. The van der Waals surface area contributed by atoms with Crippen molar-refractivity contribution in [2.24, 2.45) is 12.8 Å². The van der Waals surface area contributed by atoms with Gasteiger partial charge in [-0.05, 0) is 40.0 Å². The maximum atomic E-state index is 12.6. The molecule has 0 radical (unpaired) electrons. The molecule has 21 heavy (non-hydrogen) atoms. The molecule has 2 rings (SSSR count). The summed E-state index contributed by atoms with van der Waals surface area (Å²) in [5, 5.41) is 4.53. The number of rotatable bonds is 2. The van der Waals surface area contributed by atoms with Crippen LogP contribution in [0.4, 0.5) is 0 Å². The Morgan fingerprint density at radius 3 is 2.67 bits per heavy atom. The molecule has 1 aromatic heterocycles. The van der Waals surface area contributed by atoms with Crippen LogP contribution in [0.25, 0.3) is 0 Å². The summed E-state index contributed by atoms with van der Waals surface area (Å²) in [4.78, 5) is 14.6. The van der Waals surface area contributed by atoms with Gasteiger partial charge in [0.25, 0.3) is 0 Å². The molecule has 5 nitrogen and oxygen atoms in total. The van der Waals surface area contributed by atoms with Gasteiger partial charge in [-0.2, -0.15) is 5.10 Å². The molecule has 5 heteroatoms. The molecular formula is C16H28N4O. The average molecular weight is 292 g/mol. The molecule has 0 aromatic carbocycles. The number of hydrogen-bond donors (Lipinski definition) is 1. The van der Waals surface area contributed by atoms with Gasteiger partial charge in [-0.15, -0.1) is 0 Å². The van der Waals surface area contributed by atoms with E-state index in [0.29, 0.717) is 6.42 Å². The van der Waals surface area contributed by atoms with Gasteiger partial charge in [0, 0.05) is 36.8 Å². The summed E-state index contributed by atoms with van der Waals surface area (Å²) in [5.74, 6) is 0.200. The lowest BCUT2D eigenvalue weighted by atomic mass is 9.92. The third kappa shape index (κ3) is 3.12. The summed E-state index contributed by atoms with van der Waals surface area (Å²) in [6.45, 7) is 8.34. The standard InChI is InChI=1S/C16H28N4O/c1-6-13-11(10-19(5)18-13)15-12(17)8-7-9-14(21)20(15)16(2,3)4/h10,12,15H,6-9,17H2,1-5H3.